The van der Waals surface area contributed by atoms with Crippen LogP contribution in [0, 0.1) is 0 Å². The van der Waals surface area contributed by atoms with Gasteiger partial charge in [0, 0.05) is 19.2 Å². The molecule has 0 bridgehead atoms. The molecule has 1 heterocycles. The number of carbonyl (C=O) groups excluding carboxylic acids is 1. The second-order valence-electron chi connectivity index (χ2n) is 1.58. The Labute approximate surface area is 47.0 Å². The lowest BCUT2D eigenvalue weighted by Gasteiger charge is -2.14. The fraction of sp³-hybridized carbons (Fsp3) is 0.500. The molecule has 0 aromatic carbocycles. The van der Waals surface area contributed by atoms with E-state index in [9.17, 15) is 4.79 Å². The summed E-state index contributed by atoms with van der Waals surface area (Å²) in [7, 11) is 0. The molecule has 0 aromatic heterocycles. The number of nitrogens with zero attached hydrogens (tertiary/aromatic N) is 2. The van der Waals surface area contributed by atoms with Crippen LogP contribution >= 0.6 is 0 Å². The van der Waals surface area contributed by atoms with E-state index in [0.29, 0.717) is 6.54 Å². The van der Waals surface area contributed by atoms with Gasteiger partial charge < -0.3 is 0 Å². The molecule has 0 unspecified atom stereocenters. The molecule has 0 atom stereocenters. The molecule has 44 valence electrons. The van der Waals surface area contributed by atoms with E-state index in [1.165, 1.54) is 0 Å². The van der Waals surface area contributed by atoms with Crippen LogP contribution in [0.15, 0.2) is 4.99 Å². The van der Waals surface area contributed by atoms with Gasteiger partial charge in [0.25, 0.3) is 0 Å². The van der Waals surface area contributed by atoms with Crippen molar-refractivity contribution in [3.63, 3.8) is 0 Å². The van der Waals surface area contributed by atoms with Crippen molar-refractivity contribution in [3.05, 3.63) is 0 Å². The number of carbonyl (C=O) groups is 1. The lowest BCUT2D eigenvalue weighted by atomic mass is 10.4. The highest BCUT2D eigenvalue weighted by atomic mass is 16.2. The standard InChI is InChI=1S/C4H7N3O/c5-7-3-1-2-6-4(7)8/h2H,1,3,5H2. The summed E-state index contributed by atoms with van der Waals surface area (Å²) >= 11 is 0. The normalized spacial score (nSPS) is 19.6. The summed E-state index contributed by atoms with van der Waals surface area (Å²) in [5.74, 6) is 5.15. The zero-order valence-corrected chi connectivity index (χ0v) is 4.37. The average Bonchev–Trinajstić information content (AvgIpc) is 1.77. The minimum absolute atomic E-state index is 0.351. The van der Waals surface area contributed by atoms with Gasteiger partial charge in [0.2, 0.25) is 0 Å². The average molecular weight is 113 g/mol. The zero-order valence-electron chi connectivity index (χ0n) is 4.37. The number of amides is 2. The Morgan fingerprint density at radius 3 is 3.00 bits per heavy atom. The van der Waals surface area contributed by atoms with Crippen molar-refractivity contribution < 1.29 is 4.79 Å². The highest BCUT2D eigenvalue weighted by Gasteiger charge is 2.08. The third-order valence-corrected chi connectivity index (χ3v) is 0.947. The van der Waals surface area contributed by atoms with Gasteiger partial charge in [-0.15, -0.1) is 0 Å². The van der Waals surface area contributed by atoms with Crippen molar-refractivity contribution in [2.75, 3.05) is 6.54 Å². The monoisotopic (exact) mass is 113 g/mol. The second kappa shape index (κ2) is 1.92. The van der Waals surface area contributed by atoms with E-state index in [1.807, 2.05) is 0 Å². The largest absolute Gasteiger partial charge is 0.357 e. The van der Waals surface area contributed by atoms with Crippen molar-refractivity contribution in [1.29, 1.82) is 0 Å². The van der Waals surface area contributed by atoms with Crippen LogP contribution in [0.3, 0.4) is 0 Å². The topological polar surface area (TPSA) is 58.7 Å². The van der Waals surface area contributed by atoms with Gasteiger partial charge in [0.15, 0.2) is 0 Å². The van der Waals surface area contributed by atoms with Crippen molar-refractivity contribution in [2.24, 2.45) is 10.8 Å². The Kier molecular flexibility index (Phi) is 1.26. The number of hydrogen-bond acceptors (Lipinski definition) is 2. The molecule has 0 spiro atoms. The van der Waals surface area contributed by atoms with E-state index < -0.39 is 0 Å². The molecular weight excluding hydrogens is 106 g/mol. The van der Waals surface area contributed by atoms with Crippen LogP contribution in [0.1, 0.15) is 6.42 Å². The first kappa shape index (κ1) is 5.24. The summed E-state index contributed by atoms with van der Waals surface area (Å²) in [6.45, 7) is 0.586. The maximum Gasteiger partial charge on any atom is 0.357 e. The van der Waals surface area contributed by atoms with Gasteiger partial charge in [-0.1, -0.05) is 0 Å². The van der Waals surface area contributed by atoms with Crippen molar-refractivity contribution in [3.8, 4) is 0 Å². The Bertz CT molecular complexity index is 131. The quantitative estimate of drug-likeness (QED) is 0.348. The van der Waals surface area contributed by atoms with Crippen molar-refractivity contribution >= 4 is 12.2 Å². The van der Waals surface area contributed by atoms with Crippen LogP contribution in [0.25, 0.3) is 0 Å². The van der Waals surface area contributed by atoms with Gasteiger partial charge in [-0.2, -0.15) is 0 Å². The predicted octanol–water partition coefficient (Wildman–Crippen LogP) is -0.243. The summed E-state index contributed by atoms with van der Waals surface area (Å²) in [5.41, 5.74) is 0. The molecular formula is C4H7N3O. The fourth-order valence-electron chi connectivity index (χ4n) is 0.509. The number of aliphatic imine (C=N–C) groups is 1. The Balaban J connectivity index is 2.60. The predicted molar refractivity (Wildman–Crippen MR) is 29.4 cm³/mol. The van der Waals surface area contributed by atoms with Crippen molar-refractivity contribution in [1.82, 2.24) is 5.01 Å². The maximum atomic E-state index is 10.4. The van der Waals surface area contributed by atoms with Crippen LogP contribution in [0.5, 0.6) is 0 Å². The minimum atomic E-state index is -0.351. The molecule has 0 aliphatic carbocycles. The molecule has 8 heavy (non-hydrogen) atoms. The lowest BCUT2D eigenvalue weighted by Crippen LogP contribution is -2.38. The van der Waals surface area contributed by atoms with Crippen LogP contribution in [-0.4, -0.2) is 23.8 Å². The lowest BCUT2D eigenvalue weighted by molar-refractivity contribution is 0.208. The number of hydrogen-bond donors (Lipinski definition) is 1. The molecule has 0 saturated carbocycles. The van der Waals surface area contributed by atoms with E-state index in [0.717, 1.165) is 11.4 Å². The summed E-state index contributed by atoms with van der Waals surface area (Å²) < 4.78 is 0. The highest BCUT2D eigenvalue weighted by Crippen LogP contribution is 1.92. The van der Waals surface area contributed by atoms with Gasteiger partial charge in [0.1, 0.15) is 0 Å². The molecule has 2 N–H and O–H groups in total. The van der Waals surface area contributed by atoms with Gasteiger partial charge in [-0.25, -0.2) is 15.6 Å². The van der Waals surface area contributed by atoms with Crippen molar-refractivity contribution in [2.45, 2.75) is 6.42 Å². The SMILES string of the molecule is NN1CCC=NC1=O. The zero-order chi connectivity index (χ0) is 5.98. The van der Waals surface area contributed by atoms with Gasteiger partial charge in [0.05, 0.1) is 0 Å². The minimum Gasteiger partial charge on any atom is -0.260 e. The maximum absolute atomic E-state index is 10.4. The smallest absolute Gasteiger partial charge is 0.260 e. The molecule has 2 amide bonds. The van der Waals surface area contributed by atoms with E-state index in [-0.39, 0.29) is 6.03 Å². The second-order valence-corrected chi connectivity index (χ2v) is 1.58. The number of rotatable bonds is 0. The van der Waals surface area contributed by atoms with E-state index >= 15 is 0 Å². The van der Waals surface area contributed by atoms with Gasteiger partial charge in [-0.05, 0) is 0 Å². The third kappa shape index (κ3) is 0.840. The van der Waals surface area contributed by atoms with Crippen LogP contribution in [-0.2, 0) is 0 Å². The summed E-state index contributed by atoms with van der Waals surface area (Å²) in [5, 5.41) is 1.10. The number of nitrogens with two attached hydrogens (primary N) is 1. The van der Waals surface area contributed by atoms with Crippen LogP contribution < -0.4 is 5.84 Å². The third-order valence-electron chi connectivity index (χ3n) is 0.947. The highest BCUT2D eigenvalue weighted by molar-refractivity contribution is 5.85. The van der Waals surface area contributed by atoms with E-state index in [1.54, 1.807) is 6.21 Å². The molecule has 0 saturated heterocycles. The van der Waals surface area contributed by atoms with Gasteiger partial charge in [-0.3, -0.25) is 5.01 Å². The first-order chi connectivity index (χ1) is 3.80. The molecule has 1 aliphatic rings. The molecule has 0 aromatic rings. The molecule has 4 nitrogen and oxygen atoms in total. The summed E-state index contributed by atoms with van der Waals surface area (Å²) in [4.78, 5) is 13.8. The molecule has 4 heteroatoms. The van der Waals surface area contributed by atoms with Gasteiger partial charge >= 0.3 is 6.03 Å². The van der Waals surface area contributed by atoms with Crippen LogP contribution in [0.2, 0.25) is 0 Å². The van der Waals surface area contributed by atoms with E-state index in [2.05, 4.69) is 4.99 Å². The molecule has 1 rings (SSSR count). The molecule has 0 radical (unpaired) electrons. The Hall–Kier alpha value is -0.900. The van der Waals surface area contributed by atoms with E-state index in [4.69, 9.17) is 5.84 Å². The number of urea groups is 1. The number of hydrazine groups is 1. The molecule has 1 aliphatic heterocycles. The summed E-state index contributed by atoms with van der Waals surface area (Å²) in [6, 6.07) is -0.351. The molecule has 0 fully saturated rings. The first-order valence-electron chi connectivity index (χ1n) is 2.39. The first-order valence-corrected chi connectivity index (χ1v) is 2.39. The summed E-state index contributed by atoms with van der Waals surface area (Å²) in [6.07, 6.45) is 2.34. The Morgan fingerprint density at radius 1 is 1.88 bits per heavy atom. The van der Waals surface area contributed by atoms with Crippen LogP contribution in [0.4, 0.5) is 4.79 Å². The fourth-order valence-corrected chi connectivity index (χ4v) is 0.509. The Morgan fingerprint density at radius 2 is 2.62 bits per heavy atom.